The van der Waals surface area contributed by atoms with E-state index < -0.39 is 6.10 Å². The van der Waals surface area contributed by atoms with Gasteiger partial charge in [-0.1, -0.05) is 18.2 Å². The van der Waals surface area contributed by atoms with Crippen LogP contribution >= 0.6 is 0 Å². The van der Waals surface area contributed by atoms with Crippen LogP contribution < -0.4 is 0 Å². The number of benzene rings is 2. The Labute approximate surface area is 172 Å². The van der Waals surface area contributed by atoms with Gasteiger partial charge in [0.1, 0.15) is 6.33 Å². The molecule has 2 aromatic heterocycles. The van der Waals surface area contributed by atoms with Gasteiger partial charge in [0.05, 0.1) is 17.3 Å². The summed E-state index contributed by atoms with van der Waals surface area (Å²) >= 11 is 0. The van der Waals surface area contributed by atoms with Gasteiger partial charge in [0.2, 0.25) is 0 Å². The Morgan fingerprint density at radius 3 is 2.70 bits per heavy atom. The summed E-state index contributed by atoms with van der Waals surface area (Å²) < 4.78 is 1.53. The lowest BCUT2D eigenvalue weighted by atomic mass is 9.94. The van der Waals surface area contributed by atoms with Crippen molar-refractivity contribution in [3.05, 3.63) is 78.2 Å². The minimum absolute atomic E-state index is 0.0137. The fourth-order valence-electron chi connectivity index (χ4n) is 4.06. The quantitative estimate of drug-likeness (QED) is 0.562. The zero-order valence-corrected chi connectivity index (χ0v) is 16.2. The summed E-state index contributed by atoms with van der Waals surface area (Å²) in [5, 5.41) is 22.8. The number of rotatable bonds is 4. The van der Waals surface area contributed by atoms with Crippen LogP contribution in [0.3, 0.4) is 0 Å². The average molecular weight is 400 g/mol. The van der Waals surface area contributed by atoms with E-state index in [4.69, 9.17) is 0 Å². The molecular weight excluding hydrogens is 380 g/mol. The van der Waals surface area contributed by atoms with E-state index in [1.807, 2.05) is 30.3 Å². The van der Waals surface area contributed by atoms with E-state index in [9.17, 15) is 9.90 Å². The molecule has 5 rings (SSSR count). The Balaban J connectivity index is 1.31. The Morgan fingerprint density at radius 1 is 1.07 bits per heavy atom. The van der Waals surface area contributed by atoms with Crippen LogP contribution in [0, 0.1) is 5.92 Å². The van der Waals surface area contributed by atoms with Gasteiger partial charge in [-0.05, 0) is 58.8 Å². The topological polar surface area (TPSA) is 97.0 Å². The Bertz CT molecular complexity index is 1170. The minimum atomic E-state index is -0.554. The van der Waals surface area contributed by atoms with Gasteiger partial charge in [-0.2, -0.15) is 0 Å². The smallest absolute Gasteiger partial charge is 0.253 e. The van der Waals surface area contributed by atoms with E-state index in [-0.39, 0.29) is 11.8 Å². The van der Waals surface area contributed by atoms with Crippen LogP contribution in [-0.4, -0.2) is 60.3 Å². The van der Waals surface area contributed by atoms with Gasteiger partial charge in [0.15, 0.2) is 0 Å². The predicted molar refractivity (Wildman–Crippen MR) is 110 cm³/mol. The molecule has 1 amide bonds. The molecule has 1 saturated heterocycles. The van der Waals surface area contributed by atoms with Crippen LogP contribution in [0.5, 0.6) is 0 Å². The molecule has 0 spiro atoms. The number of carbonyl (C=O) groups excluding carboxylic acids is 1. The molecule has 8 heteroatoms. The third kappa shape index (κ3) is 3.42. The summed E-state index contributed by atoms with van der Waals surface area (Å²) in [5.41, 5.74) is 3.44. The number of likely N-dealkylation sites (tertiary alicyclic amines) is 1. The number of aliphatic hydroxyl groups is 1. The van der Waals surface area contributed by atoms with Crippen LogP contribution in [0.4, 0.5) is 0 Å². The fraction of sp³-hybridized carbons (Fsp3) is 0.227. The zero-order chi connectivity index (χ0) is 20.5. The second kappa shape index (κ2) is 7.64. The van der Waals surface area contributed by atoms with Crippen molar-refractivity contribution in [1.29, 1.82) is 0 Å². The van der Waals surface area contributed by atoms with Gasteiger partial charge < -0.3 is 10.0 Å². The number of aliphatic hydroxyl groups excluding tert-OH is 1. The van der Waals surface area contributed by atoms with Crippen molar-refractivity contribution in [2.24, 2.45) is 5.92 Å². The molecule has 1 aliphatic heterocycles. The molecule has 2 atom stereocenters. The maximum Gasteiger partial charge on any atom is 0.253 e. The second-order valence-corrected chi connectivity index (χ2v) is 7.53. The summed E-state index contributed by atoms with van der Waals surface area (Å²) in [4.78, 5) is 19.1. The highest BCUT2D eigenvalue weighted by atomic mass is 16.3. The van der Waals surface area contributed by atoms with Crippen LogP contribution in [-0.2, 0) is 6.42 Å². The highest BCUT2D eigenvalue weighted by Crippen LogP contribution is 2.26. The first-order chi connectivity index (χ1) is 14.7. The number of tetrazole rings is 1. The van der Waals surface area contributed by atoms with Crippen molar-refractivity contribution in [3.63, 3.8) is 0 Å². The standard InChI is InChI=1S/C22H20N6O2/c29-21-13-27(22(30)15-5-7-18(8-6-15)28-14-24-25-26-28)12-17(21)11-16-9-10-23-20-4-2-1-3-19(16)20/h1-10,14,17,21,29H,11-13H2/t17-,21-/m1/s1. The number of carbonyl (C=O) groups is 1. The maximum absolute atomic E-state index is 13.0. The number of para-hydroxylation sites is 1. The van der Waals surface area contributed by atoms with Gasteiger partial charge in [-0.3, -0.25) is 9.78 Å². The Hall–Kier alpha value is -3.65. The van der Waals surface area contributed by atoms with Gasteiger partial charge >= 0.3 is 0 Å². The molecule has 3 heterocycles. The van der Waals surface area contributed by atoms with Gasteiger partial charge in [-0.25, -0.2) is 4.68 Å². The molecule has 2 aromatic carbocycles. The van der Waals surface area contributed by atoms with Gasteiger partial charge in [-0.15, -0.1) is 5.10 Å². The summed E-state index contributed by atoms with van der Waals surface area (Å²) in [7, 11) is 0. The SMILES string of the molecule is O=C(c1ccc(-n2cnnn2)cc1)N1C[C@@H](Cc2ccnc3ccccc23)[C@H](O)C1. The molecule has 150 valence electrons. The zero-order valence-electron chi connectivity index (χ0n) is 16.2. The number of pyridine rings is 1. The van der Waals surface area contributed by atoms with Gasteiger partial charge in [0.25, 0.3) is 5.91 Å². The van der Waals surface area contributed by atoms with E-state index >= 15 is 0 Å². The number of β-amino-alcohol motifs (C(OH)–C–C–N with tert-alkyl or cyclic N) is 1. The number of aromatic nitrogens is 5. The van der Waals surface area contributed by atoms with Crippen LogP contribution in [0.1, 0.15) is 15.9 Å². The monoisotopic (exact) mass is 400 g/mol. The molecule has 0 saturated carbocycles. The molecule has 8 nitrogen and oxygen atoms in total. The maximum atomic E-state index is 13.0. The largest absolute Gasteiger partial charge is 0.391 e. The lowest BCUT2D eigenvalue weighted by Crippen LogP contribution is -2.29. The summed E-state index contributed by atoms with van der Waals surface area (Å²) in [6.07, 6.45) is 3.45. The lowest BCUT2D eigenvalue weighted by Gasteiger charge is -2.17. The fourth-order valence-corrected chi connectivity index (χ4v) is 4.06. The van der Waals surface area contributed by atoms with Crippen molar-refractivity contribution in [3.8, 4) is 5.69 Å². The molecule has 0 aliphatic carbocycles. The highest BCUT2D eigenvalue weighted by Gasteiger charge is 2.34. The number of nitrogens with zero attached hydrogens (tertiary/aromatic N) is 6. The summed E-state index contributed by atoms with van der Waals surface area (Å²) in [6.45, 7) is 0.854. The molecule has 30 heavy (non-hydrogen) atoms. The Morgan fingerprint density at radius 2 is 1.90 bits per heavy atom. The first kappa shape index (κ1) is 18.4. The molecule has 1 N–H and O–H groups in total. The van der Waals surface area contributed by atoms with Gasteiger partial charge in [0, 0.05) is 36.2 Å². The Kier molecular flexibility index (Phi) is 4.68. The van der Waals surface area contributed by atoms with Crippen molar-refractivity contribution in [1.82, 2.24) is 30.1 Å². The van der Waals surface area contributed by atoms with Crippen molar-refractivity contribution in [2.75, 3.05) is 13.1 Å². The average Bonchev–Trinajstić information content (AvgIpc) is 3.44. The molecule has 0 radical (unpaired) electrons. The summed E-state index contributed by atoms with van der Waals surface area (Å²) in [5.74, 6) is -0.0975. The first-order valence-electron chi connectivity index (χ1n) is 9.82. The van der Waals surface area contributed by atoms with E-state index in [1.54, 1.807) is 35.4 Å². The predicted octanol–water partition coefficient (Wildman–Crippen LogP) is 1.89. The number of fused-ring (bicyclic) bond motifs is 1. The van der Waals surface area contributed by atoms with Crippen molar-refractivity contribution in [2.45, 2.75) is 12.5 Å². The van der Waals surface area contributed by atoms with Crippen molar-refractivity contribution >= 4 is 16.8 Å². The van der Waals surface area contributed by atoms with E-state index in [0.29, 0.717) is 25.1 Å². The number of hydrogen-bond acceptors (Lipinski definition) is 6. The number of hydrogen-bond donors (Lipinski definition) is 1. The lowest BCUT2D eigenvalue weighted by molar-refractivity contribution is 0.0764. The van der Waals surface area contributed by atoms with E-state index in [1.165, 1.54) is 11.0 Å². The highest BCUT2D eigenvalue weighted by molar-refractivity contribution is 5.94. The van der Waals surface area contributed by atoms with E-state index in [0.717, 1.165) is 22.2 Å². The molecule has 4 aromatic rings. The van der Waals surface area contributed by atoms with E-state index in [2.05, 4.69) is 20.5 Å². The van der Waals surface area contributed by atoms with Crippen LogP contribution in [0.15, 0.2) is 67.1 Å². The summed E-state index contributed by atoms with van der Waals surface area (Å²) in [6, 6.07) is 17.1. The third-order valence-corrected chi connectivity index (χ3v) is 5.64. The minimum Gasteiger partial charge on any atom is -0.391 e. The second-order valence-electron chi connectivity index (χ2n) is 7.53. The molecular formula is C22H20N6O2. The molecule has 1 aliphatic rings. The molecule has 0 bridgehead atoms. The normalized spacial score (nSPS) is 18.8. The van der Waals surface area contributed by atoms with Crippen LogP contribution in [0.25, 0.3) is 16.6 Å². The third-order valence-electron chi connectivity index (χ3n) is 5.64. The molecule has 0 unspecified atom stereocenters. The number of amides is 1. The molecule has 1 fully saturated rings. The van der Waals surface area contributed by atoms with Crippen LogP contribution in [0.2, 0.25) is 0 Å². The van der Waals surface area contributed by atoms with Crippen molar-refractivity contribution < 1.29 is 9.90 Å². The first-order valence-corrected chi connectivity index (χ1v) is 9.82.